The molecule has 0 bridgehead atoms. The summed E-state index contributed by atoms with van der Waals surface area (Å²) in [5, 5.41) is 2.01. The van der Waals surface area contributed by atoms with Crippen molar-refractivity contribution in [2.45, 2.75) is 38.9 Å². The first-order valence-electron chi connectivity index (χ1n) is 10.4. The minimum absolute atomic E-state index is 0.0456. The molecule has 1 aliphatic carbocycles. The molecule has 1 heterocycles. The van der Waals surface area contributed by atoms with Crippen LogP contribution in [0.1, 0.15) is 39.2 Å². The summed E-state index contributed by atoms with van der Waals surface area (Å²) >= 11 is 1.61. The monoisotopic (exact) mass is 436 g/mol. The van der Waals surface area contributed by atoms with Crippen LogP contribution in [0.25, 0.3) is 0 Å². The molecular weight excluding hydrogens is 411 g/mol. The summed E-state index contributed by atoms with van der Waals surface area (Å²) < 4.78 is 13.3. The smallest absolute Gasteiger partial charge is 0.254 e. The van der Waals surface area contributed by atoms with Crippen molar-refractivity contribution in [3.8, 4) is 0 Å². The predicted octanol–water partition coefficient (Wildman–Crippen LogP) is 5.03. The first-order chi connectivity index (χ1) is 15.0. The maximum atomic E-state index is 13.4. The van der Waals surface area contributed by atoms with E-state index in [9.17, 15) is 14.0 Å². The molecule has 3 aromatic rings. The first kappa shape index (κ1) is 21.2. The maximum absolute atomic E-state index is 13.4. The summed E-state index contributed by atoms with van der Waals surface area (Å²) in [7, 11) is 0. The highest BCUT2D eigenvalue weighted by molar-refractivity contribution is 7.10. The van der Waals surface area contributed by atoms with Gasteiger partial charge in [-0.1, -0.05) is 30.3 Å². The van der Waals surface area contributed by atoms with Gasteiger partial charge in [-0.2, -0.15) is 0 Å². The Morgan fingerprint density at radius 3 is 2.32 bits per heavy atom. The van der Waals surface area contributed by atoms with Crippen LogP contribution in [0, 0.1) is 12.7 Å². The molecule has 2 aromatic carbocycles. The highest BCUT2D eigenvalue weighted by Crippen LogP contribution is 2.29. The molecule has 0 aliphatic heterocycles. The van der Waals surface area contributed by atoms with E-state index in [-0.39, 0.29) is 30.2 Å². The molecule has 1 aliphatic rings. The van der Waals surface area contributed by atoms with E-state index in [4.69, 9.17) is 0 Å². The molecule has 0 N–H and O–H groups in total. The summed E-state index contributed by atoms with van der Waals surface area (Å²) in [6.45, 7) is 2.91. The minimum atomic E-state index is -0.302. The van der Waals surface area contributed by atoms with Crippen molar-refractivity contribution < 1.29 is 14.0 Å². The van der Waals surface area contributed by atoms with E-state index in [2.05, 4.69) is 0 Å². The van der Waals surface area contributed by atoms with Crippen LogP contribution in [0.2, 0.25) is 0 Å². The number of halogens is 1. The van der Waals surface area contributed by atoms with Gasteiger partial charge in [-0.05, 0) is 66.6 Å². The van der Waals surface area contributed by atoms with Gasteiger partial charge < -0.3 is 9.80 Å². The van der Waals surface area contributed by atoms with E-state index in [1.165, 1.54) is 12.1 Å². The summed E-state index contributed by atoms with van der Waals surface area (Å²) in [4.78, 5) is 31.0. The lowest BCUT2D eigenvalue weighted by Crippen LogP contribution is -2.43. The lowest BCUT2D eigenvalue weighted by atomic mass is 10.1. The fourth-order valence-electron chi connectivity index (χ4n) is 3.53. The summed E-state index contributed by atoms with van der Waals surface area (Å²) in [5.41, 5.74) is 2.60. The molecule has 1 fully saturated rings. The zero-order valence-electron chi connectivity index (χ0n) is 17.5. The van der Waals surface area contributed by atoms with Gasteiger partial charge in [0, 0.05) is 23.0 Å². The number of nitrogens with zero attached hydrogens (tertiary/aromatic N) is 2. The molecule has 31 heavy (non-hydrogen) atoms. The summed E-state index contributed by atoms with van der Waals surface area (Å²) in [6, 6.07) is 17.5. The van der Waals surface area contributed by atoms with E-state index in [0.717, 1.165) is 28.8 Å². The lowest BCUT2D eigenvalue weighted by Gasteiger charge is -2.28. The van der Waals surface area contributed by atoms with Gasteiger partial charge in [-0.15, -0.1) is 11.3 Å². The number of carbonyl (C=O) groups is 2. The first-order valence-corrected chi connectivity index (χ1v) is 11.3. The van der Waals surface area contributed by atoms with Crippen molar-refractivity contribution in [2.24, 2.45) is 0 Å². The standard InChI is InChI=1S/C25H25FN2O2S/c1-18-13-14-31-23(18)16-27(15-19-7-9-21(26)10-8-19)24(29)17-28(22-11-12-22)25(30)20-5-3-2-4-6-20/h2-10,13-14,22H,11-12,15-17H2,1H3. The Hall–Kier alpha value is -2.99. The van der Waals surface area contributed by atoms with Crippen LogP contribution in [0.15, 0.2) is 66.0 Å². The zero-order chi connectivity index (χ0) is 21.8. The molecule has 2 amide bonds. The third kappa shape index (κ3) is 5.39. The Morgan fingerprint density at radius 1 is 1.00 bits per heavy atom. The maximum Gasteiger partial charge on any atom is 0.254 e. The molecule has 0 unspecified atom stereocenters. The van der Waals surface area contributed by atoms with Gasteiger partial charge in [0.15, 0.2) is 0 Å². The van der Waals surface area contributed by atoms with E-state index in [0.29, 0.717) is 18.7 Å². The second-order valence-corrected chi connectivity index (χ2v) is 8.93. The fourth-order valence-corrected chi connectivity index (χ4v) is 4.45. The highest BCUT2D eigenvalue weighted by atomic mass is 32.1. The van der Waals surface area contributed by atoms with Gasteiger partial charge in [0.2, 0.25) is 5.91 Å². The van der Waals surface area contributed by atoms with Gasteiger partial charge in [0.1, 0.15) is 12.4 Å². The zero-order valence-corrected chi connectivity index (χ0v) is 18.3. The molecule has 4 nitrogen and oxygen atoms in total. The van der Waals surface area contributed by atoms with Crippen LogP contribution in [-0.4, -0.2) is 34.2 Å². The molecule has 0 radical (unpaired) electrons. The van der Waals surface area contributed by atoms with Crippen molar-refractivity contribution in [1.29, 1.82) is 0 Å². The van der Waals surface area contributed by atoms with Gasteiger partial charge in [0.25, 0.3) is 5.91 Å². The van der Waals surface area contributed by atoms with Crippen LogP contribution < -0.4 is 0 Å². The van der Waals surface area contributed by atoms with E-state index < -0.39 is 0 Å². The van der Waals surface area contributed by atoms with Crippen molar-refractivity contribution in [3.05, 3.63) is 93.4 Å². The van der Waals surface area contributed by atoms with Crippen LogP contribution in [0.3, 0.4) is 0 Å². The number of hydrogen-bond acceptors (Lipinski definition) is 3. The van der Waals surface area contributed by atoms with Crippen LogP contribution in [-0.2, 0) is 17.9 Å². The number of benzene rings is 2. The Bertz CT molecular complexity index is 1040. The van der Waals surface area contributed by atoms with Gasteiger partial charge >= 0.3 is 0 Å². The minimum Gasteiger partial charge on any atom is -0.332 e. The molecule has 160 valence electrons. The Labute approximate surface area is 185 Å². The van der Waals surface area contributed by atoms with Crippen molar-refractivity contribution in [2.75, 3.05) is 6.54 Å². The average Bonchev–Trinajstić information content (AvgIpc) is 3.55. The second kappa shape index (κ2) is 9.43. The molecule has 4 rings (SSSR count). The van der Waals surface area contributed by atoms with Crippen molar-refractivity contribution in [1.82, 2.24) is 9.80 Å². The quantitative estimate of drug-likeness (QED) is 0.497. The van der Waals surface area contributed by atoms with E-state index in [1.54, 1.807) is 45.4 Å². The molecule has 1 aromatic heterocycles. The average molecular weight is 437 g/mol. The predicted molar refractivity (Wildman–Crippen MR) is 120 cm³/mol. The van der Waals surface area contributed by atoms with Gasteiger partial charge in [-0.3, -0.25) is 9.59 Å². The van der Waals surface area contributed by atoms with Gasteiger partial charge in [-0.25, -0.2) is 4.39 Å². The van der Waals surface area contributed by atoms with Crippen LogP contribution >= 0.6 is 11.3 Å². The molecular formula is C25H25FN2O2S. The fraction of sp³-hybridized carbons (Fsp3) is 0.280. The van der Waals surface area contributed by atoms with E-state index >= 15 is 0 Å². The molecule has 6 heteroatoms. The number of aryl methyl sites for hydroxylation is 1. The molecule has 0 atom stereocenters. The third-order valence-electron chi connectivity index (χ3n) is 5.52. The van der Waals surface area contributed by atoms with Crippen molar-refractivity contribution >= 4 is 23.2 Å². The number of amides is 2. The number of rotatable bonds is 8. The molecule has 1 saturated carbocycles. The van der Waals surface area contributed by atoms with Crippen LogP contribution in [0.5, 0.6) is 0 Å². The highest BCUT2D eigenvalue weighted by Gasteiger charge is 2.35. The SMILES string of the molecule is Cc1ccsc1CN(Cc1ccc(F)cc1)C(=O)CN(C(=O)c1ccccc1)C1CC1. The Kier molecular flexibility index (Phi) is 6.47. The number of carbonyl (C=O) groups excluding carboxylic acids is 2. The number of hydrogen-bond donors (Lipinski definition) is 0. The number of thiophene rings is 1. The van der Waals surface area contributed by atoms with Crippen molar-refractivity contribution in [3.63, 3.8) is 0 Å². The van der Waals surface area contributed by atoms with Gasteiger partial charge in [0.05, 0.1) is 6.54 Å². The third-order valence-corrected chi connectivity index (χ3v) is 6.52. The van der Waals surface area contributed by atoms with E-state index in [1.807, 2.05) is 36.6 Å². The summed E-state index contributed by atoms with van der Waals surface area (Å²) in [6.07, 6.45) is 1.85. The largest absolute Gasteiger partial charge is 0.332 e. The second-order valence-electron chi connectivity index (χ2n) is 7.93. The topological polar surface area (TPSA) is 40.6 Å². The summed E-state index contributed by atoms with van der Waals surface area (Å²) in [5.74, 6) is -0.511. The Balaban J connectivity index is 1.54. The lowest BCUT2D eigenvalue weighted by molar-refractivity contribution is -0.133. The molecule has 0 spiro atoms. The normalized spacial score (nSPS) is 13.1. The molecule has 0 saturated heterocycles. The Morgan fingerprint density at radius 2 is 1.71 bits per heavy atom. The van der Waals surface area contributed by atoms with Crippen LogP contribution in [0.4, 0.5) is 4.39 Å².